The van der Waals surface area contributed by atoms with Crippen LogP contribution in [0.3, 0.4) is 0 Å². The van der Waals surface area contributed by atoms with Crippen molar-refractivity contribution in [3.63, 3.8) is 0 Å². The van der Waals surface area contributed by atoms with Crippen molar-refractivity contribution in [2.45, 2.75) is 17.0 Å². The molecule has 2 aromatic carbocycles. The molecular weight excluding hydrogens is 512 g/mol. The zero-order valence-electron chi connectivity index (χ0n) is 18.3. The Morgan fingerprint density at radius 1 is 1.06 bits per heavy atom. The fourth-order valence-corrected chi connectivity index (χ4v) is 5.10. The fourth-order valence-electron chi connectivity index (χ4n) is 3.16. The highest BCUT2D eigenvalue weighted by atomic mass is 35.5. The quantitative estimate of drug-likeness (QED) is 0.262. The van der Waals surface area contributed by atoms with Gasteiger partial charge in [0.1, 0.15) is 0 Å². The minimum Gasteiger partial charge on any atom is -0.356 e. The lowest BCUT2D eigenvalue weighted by molar-refractivity contribution is -0.118. The highest BCUT2D eigenvalue weighted by Gasteiger charge is 2.18. The minimum atomic E-state index is -3.96. The predicted molar refractivity (Wildman–Crippen MR) is 135 cm³/mol. The Hall–Kier alpha value is -3.48. The van der Waals surface area contributed by atoms with Crippen LogP contribution in [0.25, 0.3) is 16.6 Å². The second-order valence-electron chi connectivity index (χ2n) is 7.13. The van der Waals surface area contributed by atoms with Gasteiger partial charge in [-0.05, 0) is 55.5 Å². The number of aromatic nitrogens is 4. The number of thioether (sulfide) groups is 1. The van der Waals surface area contributed by atoms with E-state index in [-0.39, 0.29) is 33.1 Å². The molecule has 2 N–H and O–H groups in total. The second-order valence-corrected chi connectivity index (χ2v) is 10.1. The molecule has 2 aromatic heterocycles. The van der Waals surface area contributed by atoms with Crippen LogP contribution in [0, 0.1) is 0 Å². The van der Waals surface area contributed by atoms with Gasteiger partial charge < -0.3 is 5.32 Å². The molecule has 0 aliphatic rings. The Labute approximate surface area is 209 Å². The summed E-state index contributed by atoms with van der Waals surface area (Å²) in [6.45, 7) is 2.31. The van der Waals surface area contributed by atoms with Crippen LogP contribution in [0.4, 0.5) is 5.82 Å². The van der Waals surface area contributed by atoms with Gasteiger partial charge in [-0.2, -0.15) is 0 Å². The van der Waals surface area contributed by atoms with Crippen LogP contribution in [0.5, 0.6) is 0 Å². The van der Waals surface area contributed by atoms with E-state index in [1.807, 2.05) is 6.92 Å². The summed E-state index contributed by atoms with van der Waals surface area (Å²) in [7, 11) is -3.96. The van der Waals surface area contributed by atoms with E-state index in [1.54, 1.807) is 24.3 Å². The molecule has 0 radical (unpaired) electrons. The maximum atomic E-state index is 13.3. The summed E-state index contributed by atoms with van der Waals surface area (Å²) in [4.78, 5) is 29.8. The van der Waals surface area contributed by atoms with Crippen molar-refractivity contribution in [2.75, 3.05) is 17.0 Å². The highest BCUT2D eigenvalue weighted by Crippen LogP contribution is 2.23. The summed E-state index contributed by atoms with van der Waals surface area (Å²) in [5.41, 5.74) is 0.565. The standard InChI is InChI=1S/C22H19ClN6O4S2/c1-2-24-20(30)13-34-22-25-17-6-4-3-5-16(17)21(31)29(22)14-7-9-15(10-8-14)35(32,33)28-19-12-11-18(23)26-27-19/h3-12H,2,13H2,1H3,(H,24,30)(H,27,28). The lowest BCUT2D eigenvalue weighted by Crippen LogP contribution is -2.26. The molecule has 1 amide bonds. The van der Waals surface area contributed by atoms with E-state index in [4.69, 9.17) is 11.6 Å². The van der Waals surface area contributed by atoms with Crippen molar-refractivity contribution in [1.29, 1.82) is 0 Å². The Morgan fingerprint density at radius 3 is 2.49 bits per heavy atom. The highest BCUT2D eigenvalue weighted by molar-refractivity contribution is 7.99. The molecule has 4 aromatic rings. The van der Waals surface area contributed by atoms with Gasteiger partial charge in [0, 0.05) is 6.54 Å². The van der Waals surface area contributed by atoms with E-state index < -0.39 is 10.0 Å². The molecule has 0 atom stereocenters. The maximum Gasteiger partial charge on any atom is 0.266 e. The van der Waals surface area contributed by atoms with Crippen molar-refractivity contribution in [2.24, 2.45) is 0 Å². The van der Waals surface area contributed by atoms with Gasteiger partial charge in [0.2, 0.25) is 5.91 Å². The lowest BCUT2D eigenvalue weighted by Gasteiger charge is -2.14. The fraction of sp³-hybridized carbons (Fsp3) is 0.136. The molecule has 0 aliphatic carbocycles. The van der Waals surface area contributed by atoms with Crippen molar-refractivity contribution >= 4 is 56.0 Å². The minimum absolute atomic E-state index is 0.0115. The largest absolute Gasteiger partial charge is 0.356 e. The van der Waals surface area contributed by atoms with E-state index in [1.165, 1.54) is 41.0 Å². The number of para-hydroxylation sites is 1. The maximum absolute atomic E-state index is 13.3. The zero-order chi connectivity index (χ0) is 25.0. The number of fused-ring (bicyclic) bond motifs is 1. The average molecular weight is 531 g/mol. The number of carbonyl (C=O) groups excluding carboxylic acids is 1. The summed E-state index contributed by atoms with van der Waals surface area (Å²) in [5.74, 6) is -0.112. The van der Waals surface area contributed by atoms with E-state index >= 15 is 0 Å². The van der Waals surface area contributed by atoms with Crippen molar-refractivity contribution in [3.05, 3.63) is 76.2 Å². The van der Waals surface area contributed by atoms with Crippen molar-refractivity contribution in [3.8, 4) is 5.69 Å². The van der Waals surface area contributed by atoms with Gasteiger partial charge in [0.15, 0.2) is 16.1 Å². The first-order valence-corrected chi connectivity index (χ1v) is 13.2. The zero-order valence-corrected chi connectivity index (χ0v) is 20.7. The van der Waals surface area contributed by atoms with Gasteiger partial charge in [0.05, 0.1) is 27.2 Å². The number of amides is 1. The van der Waals surface area contributed by atoms with Crippen molar-refractivity contribution < 1.29 is 13.2 Å². The SMILES string of the molecule is CCNC(=O)CSc1nc2ccccc2c(=O)n1-c1ccc(S(=O)(=O)Nc2ccc(Cl)nn2)cc1. The van der Waals surface area contributed by atoms with E-state index in [2.05, 4.69) is 25.2 Å². The third-order valence-electron chi connectivity index (χ3n) is 4.73. The molecule has 0 unspecified atom stereocenters. The molecule has 0 bridgehead atoms. The molecule has 10 nitrogen and oxygen atoms in total. The van der Waals surface area contributed by atoms with Crippen LogP contribution in [0.1, 0.15) is 6.92 Å². The Balaban J connectivity index is 1.70. The number of hydrogen-bond donors (Lipinski definition) is 2. The van der Waals surface area contributed by atoms with Crippen LogP contribution in [0.15, 0.2) is 75.5 Å². The number of hydrogen-bond acceptors (Lipinski definition) is 8. The normalized spacial score (nSPS) is 11.4. The number of halogens is 1. The molecule has 0 saturated carbocycles. The predicted octanol–water partition coefficient (Wildman–Crippen LogP) is 2.86. The third-order valence-corrected chi connectivity index (χ3v) is 7.24. The van der Waals surface area contributed by atoms with Crippen LogP contribution in [0.2, 0.25) is 5.15 Å². The van der Waals surface area contributed by atoms with E-state index in [0.717, 1.165) is 11.8 Å². The van der Waals surface area contributed by atoms with Crippen molar-refractivity contribution in [1.82, 2.24) is 25.1 Å². The molecule has 4 rings (SSSR count). The molecule has 180 valence electrons. The first-order chi connectivity index (χ1) is 16.8. The van der Waals surface area contributed by atoms with Gasteiger partial charge >= 0.3 is 0 Å². The van der Waals surface area contributed by atoms with E-state index in [0.29, 0.717) is 28.3 Å². The van der Waals surface area contributed by atoms with Crippen LogP contribution < -0.4 is 15.6 Å². The van der Waals surface area contributed by atoms with Crippen LogP contribution in [-0.2, 0) is 14.8 Å². The van der Waals surface area contributed by atoms with Gasteiger partial charge in [-0.15, -0.1) is 10.2 Å². The molecule has 0 spiro atoms. The Morgan fingerprint density at radius 2 is 1.80 bits per heavy atom. The molecule has 13 heteroatoms. The number of nitrogens with zero attached hydrogens (tertiary/aromatic N) is 4. The van der Waals surface area contributed by atoms with E-state index in [9.17, 15) is 18.0 Å². The van der Waals surface area contributed by atoms with Gasteiger partial charge in [-0.3, -0.25) is 18.9 Å². The van der Waals surface area contributed by atoms with Gasteiger partial charge in [-0.1, -0.05) is 35.5 Å². The number of nitrogens with one attached hydrogen (secondary N) is 2. The van der Waals surface area contributed by atoms with Gasteiger partial charge in [0.25, 0.3) is 15.6 Å². The Kier molecular flexibility index (Phi) is 7.34. The monoisotopic (exact) mass is 530 g/mol. The summed E-state index contributed by atoms with van der Waals surface area (Å²) < 4.78 is 29.2. The Bertz CT molecular complexity index is 1540. The number of carbonyl (C=O) groups is 1. The summed E-state index contributed by atoms with van der Waals surface area (Å²) in [5, 5.41) is 10.9. The number of anilines is 1. The third kappa shape index (κ3) is 5.61. The summed E-state index contributed by atoms with van der Waals surface area (Å²) >= 11 is 6.80. The lowest BCUT2D eigenvalue weighted by atomic mass is 10.2. The summed E-state index contributed by atoms with van der Waals surface area (Å²) in [6, 6.07) is 15.4. The molecule has 2 heterocycles. The molecular formula is C22H19ClN6O4S2. The summed E-state index contributed by atoms with van der Waals surface area (Å²) in [6.07, 6.45) is 0. The molecule has 0 saturated heterocycles. The topological polar surface area (TPSA) is 136 Å². The molecule has 0 aliphatic heterocycles. The number of rotatable bonds is 8. The number of sulfonamides is 1. The number of benzene rings is 2. The smallest absolute Gasteiger partial charge is 0.266 e. The van der Waals surface area contributed by atoms with Crippen LogP contribution in [-0.4, -0.2) is 46.4 Å². The van der Waals surface area contributed by atoms with Gasteiger partial charge in [-0.25, -0.2) is 13.4 Å². The second kappa shape index (κ2) is 10.4. The van der Waals surface area contributed by atoms with Crippen LogP contribution >= 0.6 is 23.4 Å². The first kappa shape index (κ1) is 24.6. The first-order valence-electron chi connectivity index (χ1n) is 10.3. The average Bonchev–Trinajstić information content (AvgIpc) is 2.84. The molecule has 0 fully saturated rings. The molecule has 35 heavy (non-hydrogen) atoms.